The van der Waals surface area contributed by atoms with Crippen molar-refractivity contribution in [2.75, 3.05) is 62.7 Å². The van der Waals surface area contributed by atoms with Gasteiger partial charge in [-0.2, -0.15) is 23.1 Å². The van der Waals surface area contributed by atoms with Crippen LogP contribution in [0.2, 0.25) is 0 Å². The molecule has 0 aromatic carbocycles. The smallest absolute Gasteiger partial charge is 0.419 e. The van der Waals surface area contributed by atoms with Gasteiger partial charge in [0.05, 0.1) is 17.8 Å². The number of carbonyl (C=O) groups is 1. The second-order valence-corrected chi connectivity index (χ2v) is 10.6. The third kappa shape index (κ3) is 6.07. The minimum atomic E-state index is -4.54. The number of piperazine rings is 1. The van der Waals surface area contributed by atoms with E-state index in [0.717, 1.165) is 31.0 Å². The van der Waals surface area contributed by atoms with E-state index in [9.17, 15) is 18.0 Å². The van der Waals surface area contributed by atoms with Crippen molar-refractivity contribution in [3.63, 3.8) is 0 Å². The lowest BCUT2D eigenvalue weighted by Crippen LogP contribution is -2.56. The van der Waals surface area contributed by atoms with E-state index in [4.69, 9.17) is 16.3 Å². The summed E-state index contributed by atoms with van der Waals surface area (Å²) >= 11 is 0. The highest BCUT2D eigenvalue weighted by Gasteiger charge is 2.38. The fourth-order valence-electron chi connectivity index (χ4n) is 5.84. The number of likely N-dealkylation sites (tertiary alicyclic amines) is 1. The van der Waals surface area contributed by atoms with E-state index in [0.29, 0.717) is 50.7 Å². The fourth-order valence-corrected chi connectivity index (χ4v) is 5.84. The van der Waals surface area contributed by atoms with Crippen LogP contribution in [0, 0.1) is 6.57 Å². The highest BCUT2D eigenvalue weighted by Crippen LogP contribution is 2.38. The maximum absolute atomic E-state index is 13.8. The number of ether oxygens (including phenoxy) is 1. The van der Waals surface area contributed by atoms with Crippen LogP contribution in [-0.2, 0) is 23.9 Å². The van der Waals surface area contributed by atoms with Crippen LogP contribution in [0.25, 0.3) is 4.85 Å². The van der Waals surface area contributed by atoms with E-state index in [-0.39, 0.29) is 42.9 Å². The van der Waals surface area contributed by atoms with E-state index in [1.54, 1.807) is 9.80 Å². The van der Waals surface area contributed by atoms with Crippen molar-refractivity contribution in [1.82, 2.24) is 24.8 Å². The molecule has 5 rings (SSSR count). The van der Waals surface area contributed by atoms with Gasteiger partial charge in [0.25, 0.3) is 0 Å². The number of likely N-dealkylation sites (N-methyl/N-ethyl adjacent to an activating group) is 1. The summed E-state index contributed by atoms with van der Waals surface area (Å²) in [7, 11) is 2.05. The van der Waals surface area contributed by atoms with Gasteiger partial charge < -0.3 is 29.2 Å². The number of amides is 1. The number of alkyl halides is 3. The fraction of sp³-hybridized carbons (Fsp3) is 0.536. The normalized spacial score (nSPS) is 21.4. The largest absolute Gasteiger partial charge is 0.462 e. The Bertz CT molecular complexity index is 1330. The van der Waals surface area contributed by atoms with Gasteiger partial charge in [0.1, 0.15) is 24.3 Å². The first-order chi connectivity index (χ1) is 19.7. The molecule has 218 valence electrons. The first kappa shape index (κ1) is 28.6. The summed E-state index contributed by atoms with van der Waals surface area (Å²) in [4.78, 5) is 37.0. The molecule has 0 aliphatic carbocycles. The molecule has 0 N–H and O–H groups in total. The van der Waals surface area contributed by atoms with E-state index in [2.05, 4.69) is 26.3 Å². The second kappa shape index (κ2) is 11.9. The Morgan fingerprint density at radius 3 is 2.73 bits per heavy atom. The van der Waals surface area contributed by atoms with Crippen LogP contribution in [0.15, 0.2) is 31.0 Å². The van der Waals surface area contributed by atoms with Gasteiger partial charge in [0.15, 0.2) is 0 Å². The Kier molecular flexibility index (Phi) is 8.30. The molecule has 2 atom stereocenters. The van der Waals surface area contributed by atoms with Gasteiger partial charge in [-0.05, 0) is 51.1 Å². The molecule has 0 radical (unpaired) electrons. The molecule has 0 saturated carbocycles. The summed E-state index contributed by atoms with van der Waals surface area (Å²) in [5.74, 6) is 0.288. The summed E-state index contributed by atoms with van der Waals surface area (Å²) < 4.78 is 47.5. The number of pyridine rings is 1. The van der Waals surface area contributed by atoms with Gasteiger partial charge >= 0.3 is 12.2 Å². The highest BCUT2D eigenvalue weighted by molar-refractivity contribution is 5.87. The molecule has 13 heteroatoms. The van der Waals surface area contributed by atoms with E-state index < -0.39 is 11.7 Å². The number of carbonyl (C=O) groups excluding carboxylic acids is 1. The number of fused-ring (bicyclic) bond motifs is 1. The minimum absolute atomic E-state index is 0.116. The zero-order valence-electron chi connectivity index (χ0n) is 23.0. The van der Waals surface area contributed by atoms with Crippen LogP contribution in [0.1, 0.15) is 29.7 Å². The molecule has 3 aliphatic heterocycles. The van der Waals surface area contributed by atoms with Crippen molar-refractivity contribution in [3.8, 4) is 6.01 Å². The zero-order valence-corrected chi connectivity index (χ0v) is 23.0. The quantitative estimate of drug-likeness (QED) is 0.371. The summed E-state index contributed by atoms with van der Waals surface area (Å²) in [5.41, 5.74) is 0.630. The first-order valence-corrected chi connectivity index (χ1v) is 13.7. The minimum Gasteiger partial charge on any atom is -0.462 e. The molecule has 1 unspecified atom stereocenters. The number of hydrogen-bond acceptors (Lipinski definition) is 8. The Morgan fingerprint density at radius 2 is 2.02 bits per heavy atom. The maximum atomic E-state index is 13.8. The summed E-state index contributed by atoms with van der Waals surface area (Å²) in [6.07, 6.45) is 0.565. The topological polar surface area (TPSA) is 82.3 Å². The predicted molar refractivity (Wildman–Crippen MR) is 147 cm³/mol. The molecular weight excluding hydrogens is 537 g/mol. The first-order valence-electron chi connectivity index (χ1n) is 13.7. The lowest BCUT2D eigenvalue weighted by Gasteiger charge is -2.41. The van der Waals surface area contributed by atoms with Crippen LogP contribution >= 0.6 is 0 Å². The van der Waals surface area contributed by atoms with E-state index in [1.165, 1.54) is 18.3 Å². The van der Waals surface area contributed by atoms with Crippen LogP contribution < -0.4 is 14.5 Å². The molecule has 0 bridgehead atoms. The number of nitrogens with zero attached hydrogens (tertiary/aromatic N) is 8. The monoisotopic (exact) mass is 570 g/mol. The molecule has 1 amide bonds. The molecule has 41 heavy (non-hydrogen) atoms. The Hall–Kier alpha value is -3.92. The van der Waals surface area contributed by atoms with Crippen molar-refractivity contribution in [1.29, 1.82) is 0 Å². The molecule has 2 fully saturated rings. The van der Waals surface area contributed by atoms with Crippen LogP contribution in [-0.4, -0.2) is 95.7 Å². The lowest BCUT2D eigenvalue weighted by atomic mass is 10.0. The van der Waals surface area contributed by atoms with E-state index >= 15 is 0 Å². The lowest BCUT2D eigenvalue weighted by molar-refractivity contribution is -0.137. The van der Waals surface area contributed by atoms with Crippen molar-refractivity contribution in [2.45, 2.75) is 44.1 Å². The van der Waals surface area contributed by atoms with Crippen molar-refractivity contribution >= 4 is 17.5 Å². The Morgan fingerprint density at radius 1 is 1.20 bits per heavy atom. The van der Waals surface area contributed by atoms with Crippen LogP contribution in [0.3, 0.4) is 0 Å². The molecule has 3 aliphatic rings. The Balaban J connectivity index is 1.47. The average Bonchev–Trinajstić information content (AvgIpc) is 3.39. The third-order valence-corrected chi connectivity index (χ3v) is 8.03. The highest BCUT2D eigenvalue weighted by atomic mass is 19.4. The molecule has 0 spiro atoms. The molecule has 2 saturated heterocycles. The number of halogens is 3. The molecule has 2 aromatic rings. The van der Waals surface area contributed by atoms with Crippen molar-refractivity contribution in [3.05, 3.63) is 59.2 Å². The summed E-state index contributed by atoms with van der Waals surface area (Å²) in [6, 6.07) is 2.37. The van der Waals surface area contributed by atoms with Gasteiger partial charge in [-0.3, -0.25) is 4.79 Å². The number of anilines is 2. The maximum Gasteiger partial charge on any atom is 0.419 e. The van der Waals surface area contributed by atoms with Gasteiger partial charge in [-0.15, -0.1) is 0 Å². The van der Waals surface area contributed by atoms with Gasteiger partial charge in [0, 0.05) is 44.0 Å². The standard InChI is InChI=1S/C28H33F3N8O2/c1-4-24(40)39-14-13-38(16-20(39)15-32-2)25-21-9-12-37(26-22(28(29,30)31)8-5-10-33-26)17-23(21)34-27(35-25)41-18-19-7-6-11-36(19)3/h4-5,8,10,19-20H,1,6-7,9,11-18H2,3H3/t19-,20?/m0/s1. The molecular formula is C28H33F3N8O2. The number of aromatic nitrogens is 3. The number of rotatable bonds is 7. The molecule has 10 nitrogen and oxygen atoms in total. The SMILES string of the molecule is [C-]#[N+]CC1CN(c2nc(OC[C@@H]3CCCN3C)nc3c2CCN(c2ncccc2C(F)(F)F)C3)CCN1C(=O)C=C. The van der Waals surface area contributed by atoms with Crippen LogP contribution in [0.5, 0.6) is 6.01 Å². The molecule has 2 aromatic heterocycles. The third-order valence-electron chi connectivity index (χ3n) is 8.03. The average molecular weight is 571 g/mol. The number of hydrogen-bond donors (Lipinski definition) is 0. The van der Waals surface area contributed by atoms with Gasteiger partial charge in [0.2, 0.25) is 12.5 Å². The van der Waals surface area contributed by atoms with Crippen molar-refractivity contribution in [2.24, 2.45) is 0 Å². The molecule has 5 heterocycles. The Labute approximate surface area is 237 Å². The van der Waals surface area contributed by atoms with Gasteiger partial charge in [-0.25, -0.2) is 11.6 Å². The van der Waals surface area contributed by atoms with Crippen molar-refractivity contribution < 1.29 is 22.7 Å². The van der Waals surface area contributed by atoms with Crippen LogP contribution in [0.4, 0.5) is 24.8 Å². The zero-order chi connectivity index (χ0) is 29.1. The predicted octanol–water partition coefficient (Wildman–Crippen LogP) is 3.05. The van der Waals surface area contributed by atoms with E-state index in [1.807, 2.05) is 11.9 Å². The summed E-state index contributed by atoms with van der Waals surface area (Å²) in [5, 5.41) is 0. The van der Waals surface area contributed by atoms with Gasteiger partial charge in [-0.1, -0.05) is 6.58 Å². The second-order valence-electron chi connectivity index (χ2n) is 10.6. The summed E-state index contributed by atoms with van der Waals surface area (Å²) in [6.45, 7) is 14.2.